The van der Waals surface area contributed by atoms with E-state index in [9.17, 15) is 0 Å². The van der Waals surface area contributed by atoms with Crippen molar-refractivity contribution < 1.29 is 0 Å². The summed E-state index contributed by atoms with van der Waals surface area (Å²) in [5.74, 6) is 0.686. The Balaban J connectivity index is 0.000000561. The van der Waals surface area contributed by atoms with Gasteiger partial charge in [0.2, 0.25) is 0 Å². The second-order valence-electron chi connectivity index (χ2n) is 2.43. The molecule has 0 fully saturated rings. The third-order valence-electron chi connectivity index (χ3n) is 1.86. The summed E-state index contributed by atoms with van der Waals surface area (Å²) < 4.78 is 0. The van der Waals surface area contributed by atoms with Crippen molar-refractivity contribution in [3.63, 3.8) is 0 Å². The largest absolute Gasteiger partial charge is 0.249 e. The third kappa shape index (κ3) is 3.35. The summed E-state index contributed by atoms with van der Waals surface area (Å²) >= 11 is 1.69. The smallest absolute Gasteiger partial charge is 0.0794 e. The predicted molar refractivity (Wildman–Crippen MR) is 56.8 cm³/mol. The van der Waals surface area contributed by atoms with Crippen molar-refractivity contribution in [1.82, 2.24) is 4.98 Å². The van der Waals surface area contributed by atoms with Gasteiger partial charge in [-0.25, -0.2) is 4.98 Å². The van der Waals surface area contributed by atoms with Gasteiger partial charge in [-0.05, 0) is 12.8 Å². The van der Waals surface area contributed by atoms with Gasteiger partial charge < -0.3 is 0 Å². The first kappa shape index (κ1) is 11.6. The molecule has 0 saturated heterocycles. The molecule has 2 heteroatoms. The minimum Gasteiger partial charge on any atom is -0.249 e. The molecular weight excluding hydrogens is 166 g/mol. The summed E-state index contributed by atoms with van der Waals surface area (Å²) in [6.45, 7) is 8.43. The number of hydrogen-bond acceptors (Lipinski definition) is 2. The highest BCUT2D eigenvalue weighted by Crippen LogP contribution is 2.21. The van der Waals surface area contributed by atoms with Gasteiger partial charge in [-0.15, -0.1) is 11.3 Å². The van der Waals surface area contributed by atoms with Crippen LogP contribution in [0.25, 0.3) is 0 Å². The Bertz CT molecular complexity index is 166. The third-order valence-corrected chi connectivity index (χ3v) is 2.46. The molecule has 1 rings (SSSR count). The van der Waals surface area contributed by atoms with E-state index < -0.39 is 0 Å². The molecule has 0 saturated carbocycles. The minimum absolute atomic E-state index is 0.686. The van der Waals surface area contributed by atoms with Crippen molar-refractivity contribution in [2.45, 2.75) is 46.5 Å². The average molecular weight is 185 g/mol. The molecule has 0 aromatic carbocycles. The lowest BCUT2D eigenvalue weighted by Gasteiger charge is -2.06. The molecule has 0 amide bonds. The second kappa shape index (κ2) is 7.29. The molecule has 1 heterocycles. The van der Waals surface area contributed by atoms with E-state index in [0.29, 0.717) is 5.92 Å². The number of thiazole rings is 1. The lowest BCUT2D eigenvalue weighted by Crippen LogP contribution is -1.94. The number of hydrogen-bond donors (Lipinski definition) is 0. The molecule has 0 unspecified atom stereocenters. The molecule has 1 nitrogen and oxygen atoms in total. The molecule has 0 radical (unpaired) electrons. The van der Waals surface area contributed by atoms with Crippen molar-refractivity contribution in [1.29, 1.82) is 0 Å². The Morgan fingerprint density at radius 1 is 1.33 bits per heavy atom. The molecule has 70 valence electrons. The summed E-state index contributed by atoms with van der Waals surface area (Å²) in [4.78, 5) is 4.28. The highest BCUT2D eigenvalue weighted by atomic mass is 32.1. The summed E-state index contributed by atoms with van der Waals surface area (Å²) in [5, 5.41) is 2.15. The number of nitrogens with zero attached hydrogens (tertiary/aromatic N) is 1. The Hall–Kier alpha value is -0.370. The van der Waals surface area contributed by atoms with Crippen molar-refractivity contribution in [3.05, 3.63) is 16.6 Å². The summed E-state index contributed by atoms with van der Waals surface area (Å²) in [6, 6.07) is 0. The van der Waals surface area contributed by atoms with Gasteiger partial charge >= 0.3 is 0 Å². The molecule has 0 aliphatic rings. The topological polar surface area (TPSA) is 12.9 Å². The van der Waals surface area contributed by atoms with Gasteiger partial charge in [-0.2, -0.15) is 0 Å². The average Bonchev–Trinajstić information content (AvgIpc) is 2.64. The summed E-state index contributed by atoms with van der Waals surface area (Å²) in [7, 11) is 0. The van der Waals surface area contributed by atoms with E-state index in [2.05, 4.69) is 24.2 Å². The first-order valence-corrected chi connectivity index (χ1v) is 5.70. The van der Waals surface area contributed by atoms with Crippen molar-refractivity contribution >= 4 is 11.3 Å². The van der Waals surface area contributed by atoms with E-state index in [4.69, 9.17) is 0 Å². The summed E-state index contributed by atoms with van der Waals surface area (Å²) in [6.07, 6.45) is 2.42. The van der Waals surface area contributed by atoms with Crippen LogP contribution in [0, 0.1) is 0 Å². The Kier molecular flexibility index (Phi) is 7.06. The van der Waals surface area contributed by atoms with Crippen LogP contribution in [-0.4, -0.2) is 4.98 Å². The highest BCUT2D eigenvalue weighted by Gasteiger charge is 2.06. The van der Waals surface area contributed by atoms with Crippen LogP contribution >= 0.6 is 11.3 Å². The van der Waals surface area contributed by atoms with Gasteiger partial charge in [-0.1, -0.05) is 27.7 Å². The molecule has 0 N–H and O–H groups in total. The maximum Gasteiger partial charge on any atom is 0.0794 e. The van der Waals surface area contributed by atoms with Crippen molar-refractivity contribution in [3.8, 4) is 0 Å². The van der Waals surface area contributed by atoms with Gasteiger partial charge in [0.1, 0.15) is 0 Å². The molecule has 1 aromatic heterocycles. The molecule has 1 aromatic rings. The van der Waals surface area contributed by atoms with E-state index in [0.717, 1.165) is 0 Å². The highest BCUT2D eigenvalue weighted by molar-refractivity contribution is 7.07. The number of rotatable bonds is 3. The van der Waals surface area contributed by atoms with Crippen LogP contribution in [0.4, 0.5) is 0 Å². The van der Waals surface area contributed by atoms with Crippen molar-refractivity contribution in [2.24, 2.45) is 0 Å². The van der Waals surface area contributed by atoms with E-state index >= 15 is 0 Å². The van der Waals surface area contributed by atoms with Crippen LogP contribution in [-0.2, 0) is 0 Å². The first-order chi connectivity index (χ1) is 5.88. The molecule has 0 atom stereocenters. The lowest BCUT2D eigenvalue weighted by atomic mass is 10.0. The van der Waals surface area contributed by atoms with Crippen molar-refractivity contribution in [2.75, 3.05) is 0 Å². The molecule has 0 aliphatic heterocycles. The monoisotopic (exact) mass is 185 g/mol. The van der Waals surface area contributed by atoms with E-state index in [-0.39, 0.29) is 0 Å². The molecule has 0 aliphatic carbocycles. The Morgan fingerprint density at radius 3 is 2.25 bits per heavy atom. The van der Waals surface area contributed by atoms with Crippen LogP contribution in [0.2, 0.25) is 0 Å². The van der Waals surface area contributed by atoms with E-state index in [1.807, 2.05) is 19.4 Å². The number of aromatic nitrogens is 1. The zero-order chi connectivity index (χ0) is 9.40. The fourth-order valence-corrected chi connectivity index (χ4v) is 1.77. The van der Waals surface area contributed by atoms with Crippen LogP contribution in [0.1, 0.15) is 52.1 Å². The molecule has 12 heavy (non-hydrogen) atoms. The minimum atomic E-state index is 0.686. The first-order valence-electron chi connectivity index (χ1n) is 4.76. The maximum atomic E-state index is 4.28. The van der Waals surface area contributed by atoms with Crippen LogP contribution in [0.5, 0.6) is 0 Å². The van der Waals surface area contributed by atoms with Crippen LogP contribution in [0.15, 0.2) is 10.9 Å². The molecule has 0 bridgehead atoms. The quantitative estimate of drug-likeness (QED) is 0.691. The predicted octanol–water partition coefficient (Wildman–Crippen LogP) is 4.07. The molecule has 0 spiro atoms. The van der Waals surface area contributed by atoms with Gasteiger partial charge in [-0.3, -0.25) is 0 Å². The van der Waals surface area contributed by atoms with Gasteiger partial charge in [0.25, 0.3) is 0 Å². The second-order valence-corrected chi connectivity index (χ2v) is 3.15. The molecular formula is C10H19NS. The fourth-order valence-electron chi connectivity index (χ4n) is 1.13. The zero-order valence-corrected chi connectivity index (χ0v) is 9.32. The van der Waals surface area contributed by atoms with E-state index in [1.54, 1.807) is 11.3 Å². The summed E-state index contributed by atoms with van der Waals surface area (Å²) in [5.41, 5.74) is 3.18. The van der Waals surface area contributed by atoms with E-state index in [1.165, 1.54) is 18.5 Å². The Labute approximate surface area is 79.9 Å². The lowest BCUT2D eigenvalue weighted by molar-refractivity contribution is 0.627. The van der Waals surface area contributed by atoms with Crippen LogP contribution < -0.4 is 0 Å². The Morgan fingerprint density at radius 2 is 1.92 bits per heavy atom. The normalized spacial score (nSPS) is 9.42. The SMILES string of the molecule is CC.CCC(CC)c1cscn1. The zero-order valence-electron chi connectivity index (χ0n) is 8.50. The maximum absolute atomic E-state index is 4.28. The standard InChI is InChI=1S/C8H13NS.C2H6/c1-3-7(4-2)8-5-10-6-9-8;1-2/h5-7H,3-4H2,1-2H3;1-2H3. The fraction of sp³-hybridized carbons (Fsp3) is 0.700. The van der Waals surface area contributed by atoms with Gasteiger partial charge in [0.05, 0.1) is 11.2 Å². The van der Waals surface area contributed by atoms with Crippen LogP contribution in [0.3, 0.4) is 0 Å². The van der Waals surface area contributed by atoms with Gasteiger partial charge in [0.15, 0.2) is 0 Å². The van der Waals surface area contributed by atoms with Gasteiger partial charge in [0, 0.05) is 11.3 Å².